The summed E-state index contributed by atoms with van der Waals surface area (Å²) in [6.07, 6.45) is 4.90. The Morgan fingerprint density at radius 2 is 2.44 bits per heavy atom. The summed E-state index contributed by atoms with van der Waals surface area (Å²) in [4.78, 5) is 24.0. The summed E-state index contributed by atoms with van der Waals surface area (Å²) in [5.41, 5.74) is 0.836. The molecule has 7 heteroatoms. The summed E-state index contributed by atoms with van der Waals surface area (Å²) in [5.74, 6) is -1.08. The number of nitrogens with one attached hydrogen (secondary N) is 2. The number of aromatic nitrogens is 2. The van der Waals surface area contributed by atoms with E-state index in [4.69, 9.17) is 5.11 Å². The molecule has 0 radical (unpaired) electrons. The zero-order valence-corrected chi connectivity index (χ0v) is 10.1. The van der Waals surface area contributed by atoms with E-state index in [1.54, 1.807) is 19.4 Å². The number of urea groups is 1. The van der Waals surface area contributed by atoms with Crippen molar-refractivity contribution in [3.63, 3.8) is 0 Å². The van der Waals surface area contributed by atoms with Crippen molar-refractivity contribution in [2.45, 2.75) is 19.0 Å². The van der Waals surface area contributed by atoms with Crippen LogP contribution in [0.3, 0.4) is 0 Å². The first-order chi connectivity index (χ1) is 8.54. The Morgan fingerprint density at radius 3 is 2.94 bits per heavy atom. The minimum atomic E-state index is -1.08. The SMILES string of the molecule is C=CCC(NC(=O)N(C)Cc1cn[nH]c1)C(=O)O. The Bertz CT molecular complexity index is 416. The van der Waals surface area contributed by atoms with Crippen LogP contribution in [0.4, 0.5) is 4.79 Å². The number of aliphatic carboxylic acids is 1. The lowest BCUT2D eigenvalue weighted by atomic mass is 10.2. The third kappa shape index (κ3) is 3.93. The molecule has 2 amide bonds. The van der Waals surface area contributed by atoms with Gasteiger partial charge in [-0.3, -0.25) is 5.10 Å². The van der Waals surface area contributed by atoms with E-state index in [-0.39, 0.29) is 6.42 Å². The Kier molecular flexibility index (Phi) is 4.91. The Balaban J connectivity index is 2.52. The summed E-state index contributed by atoms with van der Waals surface area (Å²) in [6, 6.07) is -1.41. The van der Waals surface area contributed by atoms with Crippen LogP contribution in [0.25, 0.3) is 0 Å². The van der Waals surface area contributed by atoms with Gasteiger partial charge in [0, 0.05) is 18.8 Å². The Labute approximate surface area is 104 Å². The van der Waals surface area contributed by atoms with Gasteiger partial charge >= 0.3 is 12.0 Å². The standard InChI is InChI=1S/C11H16N4O3/c1-3-4-9(10(16)17)14-11(18)15(2)7-8-5-12-13-6-8/h3,5-6,9H,1,4,7H2,2H3,(H,12,13)(H,14,18)(H,16,17). The van der Waals surface area contributed by atoms with Crippen molar-refractivity contribution >= 4 is 12.0 Å². The van der Waals surface area contributed by atoms with Crippen molar-refractivity contribution in [1.82, 2.24) is 20.4 Å². The van der Waals surface area contributed by atoms with Gasteiger partial charge in [-0.25, -0.2) is 9.59 Å². The molecule has 98 valence electrons. The lowest BCUT2D eigenvalue weighted by Crippen LogP contribution is -2.46. The lowest BCUT2D eigenvalue weighted by Gasteiger charge is -2.20. The molecule has 0 aliphatic rings. The number of rotatable bonds is 6. The van der Waals surface area contributed by atoms with E-state index in [0.717, 1.165) is 5.56 Å². The molecular weight excluding hydrogens is 236 g/mol. The van der Waals surface area contributed by atoms with Gasteiger partial charge in [0.15, 0.2) is 0 Å². The first-order valence-corrected chi connectivity index (χ1v) is 5.37. The maximum atomic E-state index is 11.7. The molecular formula is C11H16N4O3. The van der Waals surface area contributed by atoms with E-state index < -0.39 is 18.0 Å². The number of carbonyl (C=O) groups excluding carboxylic acids is 1. The fourth-order valence-electron chi connectivity index (χ4n) is 1.36. The predicted molar refractivity (Wildman–Crippen MR) is 64.8 cm³/mol. The van der Waals surface area contributed by atoms with E-state index in [0.29, 0.717) is 6.54 Å². The van der Waals surface area contributed by atoms with Gasteiger partial charge in [0.25, 0.3) is 0 Å². The Morgan fingerprint density at radius 1 is 1.72 bits per heavy atom. The van der Waals surface area contributed by atoms with Crippen LogP contribution in [0, 0.1) is 0 Å². The van der Waals surface area contributed by atoms with Crippen LogP contribution in [0.1, 0.15) is 12.0 Å². The number of aromatic amines is 1. The molecule has 0 bridgehead atoms. The number of H-pyrrole nitrogens is 1. The van der Waals surface area contributed by atoms with E-state index in [1.807, 2.05) is 0 Å². The summed E-state index contributed by atoms with van der Waals surface area (Å²) in [7, 11) is 1.58. The second kappa shape index (κ2) is 6.43. The molecule has 0 fully saturated rings. The van der Waals surface area contributed by atoms with Crippen molar-refractivity contribution in [2.75, 3.05) is 7.05 Å². The molecule has 0 saturated heterocycles. The van der Waals surface area contributed by atoms with Gasteiger partial charge in [0.05, 0.1) is 12.7 Å². The molecule has 0 spiro atoms. The van der Waals surface area contributed by atoms with Gasteiger partial charge in [-0.15, -0.1) is 6.58 Å². The van der Waals surface area contributed by atoms with E-state index in [1.165, 1.54) is 11.0 Å². The molecule has 0 saturated carbocycles. The minimum Gasteiger partial charge on any atom is -0.480 e. The topological polar surface area (TPSA) is 98.3 Å². The highest BCUT2D eigenvalue weighted by molar-refractivity contribution is 5.82. The number of carboxylic acid groups (broad SMARTS) is 1. The first-order valence-electron chi connectivity index (χ1n) is 5.37. The fourth-order valence-corrected chi connectivity index (χ4v) is 1.36. The highest BCUT2D eigenvalue weighted by atomic mass is 16.4. The molecule has 0 aliphatic carbocycles. The zero-order chi connectivity index (χ0) is 13.5. The predicted octanol–water partition coefficient (Wildman–Crippen LogP) is 0.580. The second-order valence-electron chi connectivity index (χ2n) is 3.83. The van der Waals surface area contributed by atoms with E-state index in [2.05, 4.69) is 22.1 Å². The highest BCUT2D eigenvalue weighted by Gasteiger charge is 2.20. The van der Waals surface area contributed by atoms with E-state index in [9.17, 15) is 9.59 Å². The molecule has 1 unspecified atom stereocenters. The van der Waals surface area contributed by atoms with Crippen molar-refractivity contribution in [3.8, 4) is 0 Å². The number of hydrogen-bond acceptors (Lipinski definition) is 3. The van der Waals surface area contributed by atoms with Crippen LogP contribution >= 0.6 is 0 Å². The maximum absolute atomic E-state index is 11.7. The molecule has 1 aromatic heterocycles. The summed E-state index contributed by atoms with van der Waals surface area (Å²) >= 11 is 0. The smallest absolute Gasteiger partial charge is 0.326 e. The average molecular weight is 252 g/mol. The monoisotopic (exact) mass is 252 g/mol. The molecule has 1 heterocycles. The molecule has 1 atom stereocenters. The number of carbonyl (C=O) groups is 2. The molecule has 1 aromatic rings. The van der Waals surface area contributed by atoms with Gasteiger partial charge in [0.2, 0.25) is 0 Å². The molecule has 18 heavy (non-hydrogen) atoms. The summed E-state index contributed by atoms with van der Waals surface area (Å²) < 4.78 is 0. The van der Waals surface area contributed by atoms with Crippen LogP contribution in [0.2, 0.25) is 0 Å². The van der Waals surface area contributed by atoms with Crippen LogP contribution in [-0.2, 0) is 11.3 Å². The van der Waals surface area contributed by atoms with E-state index >= 15 is 0 Å². The van der Waals surface area contributed by atoms with Gasteiger partial charge in [0.1, 0.15) is 6.04 Å². The summed E-state index contributed by atoms with van der Waals surface area (Å²) in [5, 5.41) is 17.7. The molecule has 0 aromatic carbocycles. The number of nitrogens with zero attached hydrogens (tertiary/aromatic N) is 2. The van der Waals surface area contributed by atoms with Gasteiger partial charge in [-0.2, -0.15) is 5.10 Å². The number of amides is 2. The second-order valence-corrected chi connectivity index (χ2v) is 3.83. The van der Waals surface area contributed by atoms with Gasteiger partial charge in [-0.1, -0.05) is 6.08 Å². The van der Waals surface area contributed by atoms with Gasteiger partial charge < -0.3 is 15.3 Å². The summed E-state index contributed by atoms with van der Waals surface area (Å²) in [6.45, 7) is 3.81. The van der Waals surface area contributed by atoms with Gasteiger partial charge in [-0.05, 0) is 6.42 Å². The average Bonchev–Trinajstić information content (AvgIpc) is 2.80. The lowest BCUT2D eigenvalue weighted by molar-refractivity contribution is -0.139. The van der Waals surface area contributed by atoms with Crippen molar-refractivity contribution < 1.29 is 14.7 Å². The third-order valence-corrected chi connectivity index (χ3v) is 2.32. The normalized spacial score (nSPS) is 11.6. The first kappa shape index (κ1) is 13.8. The molecule has 7 nitrogen and oxygen atoms in total. The number of hydrogen-bond donors (Lipinski definition) is 3. The third-order valence-electron chi connectivity index (χ3n) is 2.32. The Hall–Kier alpha value is -2.31. The fraction of sp³-hybridized carbons (Fsp3) is 0.364. The van der Waals surface area contributed by atoms with Crippen molar-refractivity contribution in [2.24, 2.45) is 0 Å². The van der Waals surface area contributed by atoms with Crippen molar-refractivity contribution in [3.05, 3.63) is 30.6 Å². The molecule has 3 N–H and O–H groups in total. The maximum Gasteiger partial charge on any atom is 0.326 e. The van der Waals surface area contributed by atoms with Crippen LogP contribution in [0.15, 0.2) is 25.0 Å². The quantitative estimate of drug-likeness (QED) is 0.645. The minimum absolute atomic E-state index is 0.181. The van der Waals surface area contributed by atoms with Crippen LogP contribution in [-0.4, -0.2) is 45.3 Å². The molecule has 1 rings (SSSR count). The number of carboxylic acids is 1. The van der Waals surface area contributed by atoms with Crippen LogP contribution in [0.5, 0.6) is 0 Å². The largest absolute Gasteiger partial charge is 0.480 e. The molecule has 0 aliphatic heterocycles. The van der Waals surface area contributed by atoms with Crippen molar-refractivity contribution in [1.29, 1.82) is 0 Å². The van der Waals surface area contributed by atoms with Crippen LogP contribution < -0.4 is 5.32 Å². The highest BCUT2D eigenvalue weighted by Crippen LogP contribution is 2.01. The zero-order valence-electron chi connectivity index (χ0n) is 10.1.